The molecule has 2 N–H and O–H groups in total. The highest BCUT2D eigenvalue weighted by Gasteiger charge is 2.15. The quantitative estimate of drug-likeness (QED) is 0.726. The first kappa shape index (κ1) is 19.7. The van der Waals surface area contributed by atoms with Crippen molar-refractivity contribution in [3.05, 3.63) is 36.4 Å². The summed E-state index contributed by atoms with van der Waals surface area (Å²) in [4.78, 5) is 14.7. The van der Waals surface area contributed by atoms with Gasteiger partial charge in [-0.25, -0.2) is 0 Å². The van der Waals surface area contributed by atoms with E-state index in [9.17, 15) is 4.79 Å². The van der Waals surface area contributed by atoms with Gasteiger partial charge in [0.15, 0.2) is 11.5 Å². The van der Waals surface area contributed by atoms with Gasteiger partial charge >= 0.3 is 0 Å². The molecular formula is C21H27N3O4. The Morgan fingerprint density at radius 3 is 2.07 bits per heavy atom. The van der Waals surface area contributed by atoms with Gasteiger partial charge in [-0.2, -0.15) is 0 Å². The van der Waals surface area contributed by atoms with E-state index in [1.165, 1.54) is 39.9 Å². The lowest BCUT2D eigenvalue weighted by Crippen LogP contribution is -2.22. The van der Waals surface area contributed by atoms with Crippen LogP contribution < -0.4 is 29.7 Å². The van der Waals surface area contributed by atoms with Gasteiger partial charge in [0.05, 0.1) is 27.9 Å². The Kier molecular flexibility index (Phi) is 6.47. The van der Waals surface area contributed by atoms with Crippen molar-refractivity contribution in [2.45, 2.75) is 12.8 Å². The summed E-state index contributed by atoms with van der Waals surface area (Å²) in [7, 11) is 4.62. The topological polar surface area (TPSA) is 72.1 Å². The lowest BCUT2D eigenvalue weighted by molar-refractivity contribution is -0.114. The highest BCUT2D eigenvalue weighted by atomic mass is 16.5. The number of methoxy groups -OCH3 is 3. The number of carbonyl (C=O) groups excluding carboxylic acids is 1. The maximum absolute atomic E-state index is 12.3. The molecule has 150 valence electrons. The molecule has 0 bridgehead atoms. The summed E-state index contributed by atoms with van der Waals surface area (Å²) in [6, 6.07) is 11.6. The average Bonchev–Trinajstić information content (AvgIpc) is 3.26. The summed E-state index contributed by atoms with van der Waals surface area (Å²) in [6.45, 7) is 2.38. The molecule has 28 heavy (non-hydrogen) atoms. The van der Waals surface area contributed by atoms with Crippen LogP contribution in [0.5, 0.6) is 17.2 Å². The zero-order valence-corrected chi connectivity index (χ0v) is 16.6. The van der Waals surface area contributed by atoms with Gasteiger partial charge in [0.25, 0.3) is 0 Å². The fourth-order valence-corrected chi connectivity index (χ4v) is 3.31. The molecule has 0 radical (unpaired) electrons. The summed E-state index contributed by atoms with van der Waals surface area (Å²) in [5, 5.41) is 5.99. The van der Waals surface area contributed by atoms with E-state index < -0.39 is 0 Å². The summed E-state index contributed by atoms with van der Waals surface area (Å²) >= 11 is 0. The van der Waals surface area contributed by atoms with E-state index in [4.69, 9.17) is 14.2 Å². The number of carbonyl (C=O) groups is 1. The molecule has 1 aliphatic rings. The smallest absolute Gasteiger partial charge is 0.243 e. The van der Waals surface area contributed by atoms with Gasteiger partial charge in [0, 0.05) is 42.3 Å². The van der Waals surface area contributed by atoms with Gasteiger partial charge in [0.2, 0.25) is 11.7 Å². The Balaban J connectivity index is 1.58. The van der Waals surface area contributed by atoms with E-state index >= 15 is 0 Å². The number of ether oxygens (including phenoxy) is 3. The van der Waals surface area contributed by atoms with E-state index in [-0.39, 0.29) is 12.5 Å². The third kappa shape index (κ3) is 4.60. The summed E-state index contributed by atoms with van der Waals surface area (Å²) in [5.74, 6) is 1.29. The van der Waals surface area contributed by atoms with Crippen molar-refractivity contribution < 1.29 is 19.0 Å². The van der Waals surface area contributed by atoms with Crippen molar-refractivity contribution in [2.75, 3.05) is 56.5 Å². The largest absolute Gasteiger partial charge is 0.493 e. The Hall–Kier alpha value is -3.09. The van der Waals surface area contributed by atoms with E-state index in [0.717, 1.165) is 18.8 Å². The standard InChI is InChI=1S/C21H27N3O4/c1-26-18-12-16(13-19(27-2)21(18)28-3)23-20(25)14-22-15-6-8-17(9-7-15)24-10-4-5-11-24/h6-9,12-13,22H,4-5,10-11,14H2,1-3H3,(H,23,25). The Morgan fingerprint density at radius 2 is 1.54 bits per heavy atom. The number of rotatable bonds is 8. The molecule has 1 aliphatic heterocycles. The summed E-state index contributed by atoms with van der Waals surface area (Å²) in [5.41, 5.74) is 2.71. The molecule has 7 nitrogen and oxygen atoms in total. The molecular weight excluding hydrogens is 358 g/mol. The van der Waals surface area contributed by atoms with Crippen LogP contribution >= 0.6 is 0 Å². The molecule has 7 heteroatoms. The first-order valence-corrected chi connectivity index (χ1v) is 9.33. The van der Waals surface area contributed by atoms with Crippen LogP contribution in [0.3, 0.4) is 0 Å². The molecule has 1 fully saturated rings. The monoisotopic (exact) mass is 385 g/mol. The highest BCUT2D eigenvalue weighted by Crippen LogP contribution is 2.39. The predicted octanol–water partition coefficient (Wildman–Crippen LogP) is 3.36. The van der Waals surface area contributed by atoms with Crippen molar-refractivity contribution in [3.8, 4) is 17.2 Å². The molecule has 0 aliphatic carbocycles. The second-order valence-electron chi connectivity index (χ2n) is 6.56. The first-order chi connectivity index (χ1) is 13.6. The first-order valence-electron chi connectivity index (χ1n) is 9.33. The minimum Gasteiger partial charge on any atom is -0.493 e. The third-order valence-corrected chi connectivity index (χ3v) is 4.74. The van der Waals surface area contributed by atoms with Crippen molar-refractivity contribution in [3.63, 3.8) is 0 Å². The van der Waals surface area contributed by atoms with Crippen molar-refractivity contribution in [2.24, 2.45) is 0 Å². The fraction of sp³-hybridized carbons (Fsp3) is 0.381. The Labute approximate surface area is 165 Å². The minimum atomic E-state index is -0.169. The number of hydrogen-bond acceptors (Lipinski definition) is 6. The maximum Gasteiger partial charge on any atom is 0.243 e. The predicted molar refractivity (Wildman–Crippen MR) is 111 cm³/mol. The van der Waals surface area contributed by atoms with Gasteiger partial charge in [-0.3, -0.25) is 4.79 Å². The van der Waals surface area contributed by atoms with Crippen molar-refractivity contribution in [1.82, 2.24) is 0 Å². The van der Waals surface area contributed by atoms with E-state index in [0.29, 0.717) is 22.9 Å². The van der Waals surface area contributed by atoms with E-state index in [2.05, 4.69) is 27.7 Å². The second-order valence-corrected chi connectivity index (χ2v) is 6.56. The average molecular weight is 385 g/mol. The van der Waals surface area contributed by atoms with Crippen LogP contribution in [-0.4, -0.2) is 46.9 Å². The lowest BCUT2D eigenvalue weighted by Gasteiger charge is -2.18. The highest BCUT2D eigenvalue weighted by molar-refractivity contribution is 5.94. The van der Waals surface area contributed by atoms with Crippen molar-refractivity contribution >= 4 is 23.0 Å². The van der Waals surface area contributed by atoms with Crippen LogP contribution in [-0.2, 0) is 4.79 Å². The zero-order valence-electron chi connectivity index (χ0n) is 16.6. The van der Waals surface area contributed by atoms with Crippen molar-refractivity contribution in [1.29, 1.82) is 0 Å². The number of nitrogens with one attached hydrogen (secondary N) is 2. The van der Waals surface area contributed by atoms with E-state index in [1.54, 1.807) is 12.1 Å². The molecule has 1 heterocycles. The number of anilines is 3. The lowest BCUT2D eigenvalue weighted by atomic mass is 10.2. The van der Waals surface area contributed by atoms with Crippen LogP contribution in [0, 0.1) is 0 Å². The van der Waals surface area contributed by atoms with Crippen LogP contribution in [0.4, 0.5) is 17.1 Å². The van der Waals surface area contributed by atoms with Gasteiger partial charge in [-0.05, 0) is 37.1 Å². The molecule has 0 saturated carbocycles. The SMILES string of the molecule is COc1cc(NC(=O)CNc2ccc(N3CCCC3)cc2)cc(OC)c1OC. The number of benzene rings is 2. The van der Waals surface area contributed by atoms with E-state index in [1.807, 2.05) is 12.1 Å². The molecule has 1 amide bonds. The molecule has 3 rings (SSSR count). The van der Waals surface area contributed by atoms with Crippen LogP contribution in [0.15, 0.2) is 36.4 Å². The normalized spacial score (nSPS) is 13.2. The zero-order chi connectivity index (χ0) is 19.9. The second kappa shape index (κ2) is 9.21. The maximum atomic E-state index is 12.3. The molecule has 0 atom stereocenters. The Morgan fingerprint density at radius 1 is 0.929 bits per heavy atom. The Bertz CT molecular complexity index is 777. The summed E-state index contributed by atoms with van der Waals surface area (Å²) < 4.78 is 15.9. The number of amides is 1. The molecule has 0 aromatic heterocycles. The van der Waals surface area contributed by atoms with Crippen LogP contribution in [0.25, 0.3) is 0 Å². The number of hydrogen-bond donors (Lipinski definition) is 2. The van der Waals surface area contributed by atoms with Gasteiger partial charge in [-0.15, -0.1) is 0 Å². The van der Waals surface area contributed by atoms with Crippen LogP contribution in [0.2, 0.25) is 0 Å². The van der Waals surface area contributed by atoms with Gasteiger partial charge in [0.1, 0.15) is 0 Å². The minimum absolute atomic E-state index is 0.153. The third-order valence-electron chi connectivity index (χ3n) is 4.74. The van der Waals surface area contributed by atoms with Crippen LogP contribution in [0.1, 0.15) is 12.8 Å². The molecule has 2 aromatic rings. The van der Waals surface area contributed by atoms with Gasteiger partial charge in [-0.1, -0.05) is 0 Å². The van der Waals surface area contributed by atoms with Gasteiger partial charge < -0.3 is 29.7 Å². The molecule has 0 spiro atoms. The number of nitrogens with zero attached hydrogens (tertiary/aromatic N) is 1. The molecule has 2 aromatic carbocycles. The molecule has 0 unspecified atom stereocenters. The fourth-order valence-electron chi connectivity index (χ4n) is 3.31. The molecule has 1 saturated heterocycles. The summed E-state index contributed by atoms with van der Waals surface area (Å²) in [6.07, 6.45) is 2.50.